The van der Waals surface area contributed by atoms with Crippen molar-refractivity contribution < 1.29 is 22.7 Å². The molecular weight excluding hydrogens is 475 g/mol. The molecule has 164 valence electrons. The van der Waals surface area contributed by atoms with E-state index in [1.807, 2.05) is 0 Å². The molecule has 0 heterocycles. The van der Waals surface area contributed by atoms with Crippen LogP contribution in [0.3, 0.4) is 0 Å². The lowest BCUT2D eigenvalue weighted by atomic mass is 10.1. The highest BCUT2D eigenvalue weighted by molar-refractivity contribution is 7.92. The fourth-order valence-corrected chi connectivity index (χ4v) is 4.26. The molecule has 0 radical (unpaired) electrons. The van der Waals surface area contributed by atoms with E-state index in [-0.39, 0.29) is 20.8 Å². The molecule has 0 saturated heterocycles. The summed E-state index contributed by atoms with van der Waals surface area (Å²) in [5.74, 6) is 0.526. The Bertz CT molecular complexity index is 1050. The van der Waals surface area contributed by atoms with Crippen molar-refractivity contribution in [2.75, 3.05) is 31.3 Å². The minimum Gasteiger partial charge on any atom is -0.493 e. The van der Waals surface area contributed by atoms with Gasteiger partial charge < -0.3 is 14.8 Å². The van der Waals surface area contributed by atoms with Crippen molar-refractivity contribution in [3.8, 4) is 11.5 Å². The number of carbonyl (C=O) groups is 1. The summed E-state index contributed by atoms with van der Waals surface area (Å²) in [6, 6.07) is 7.42. The Morgan fingerprint density at radius 2 is 1.63 bits per heavy atom. The van der Waals surface area contributed by atoms with E-state index < -0.39 is 28.5 Å². The first kappa shape index (κ1) is 24.4. The number of amides is 1. The van der Waals surface area contributed by atoms with Gasteiger partial charge in [-0.05, 0) is 36.8 Å². The standard InChI is InChI=1S/C19H21Cl3N2O5S/c1-11(12-5-6-17(28-2)18(7-12)29-3)23-19(25)10-24(30(4,26)27)16-9-14(21)13(20)8-15(16)22/h5-9,11H,10H2,1-4H3,(H,23,25)/t11-/m1/s1. The summed E-state index contributed by atoms with van der Waals surface area (Å²) in [7, 11) is -0.801. The van der Waals surface area contributed by atoms with E-state index >= 15 is 0 Å². The first-order valence-corrected chi connectivity index (χ1v) is 11.6. The number of carbonyl (C=O) groups excluding carboxylic acids is 1. The average Bonchev–Trinajstić information content (AvgIpc) is 2.67. The lowest BCUT2D eigenvalue weighted by Gasteiger charge is -2.24. The summed E-state index contributed by atoms with van der Waals surface area (Å²) < 4.78 is 36.0. The van der Waals surface area contributed by atoms with Crippen LogP contribution in [0.4, 0.5) is 5.69 Å². The number of halogens is 3. The van der Waals surface area contributed by atoms with Crippen LogP contribution in [0.5, 0.6) is 11.5 Å². The Hall–Kier alpha value is -1.87. The van der Waals surface area contributed by atoms with Crippen molar-refractivity contribution in [3.05, 3.63) is 51.0 Å². The van der Waals surface area contributed by atoms with Crippen LogP contribution in [0.25, 0.3) is 0 Å². The Morgan fingerprint density at radius 3 is 2.20 bits per heavy atom. The second kappa shape index (κ2) is 9.96. The number of benzene rings is 2. The Balaban J connectivity index is 2.24. The van der Waals surface area contributed by atoms with Crippen molar-refractivity contribution in [3.63, 3.8) is 0 Å². The average molecular weight is 496 g/mol. The largest absolute Gasteiger partial charge is 0.493 e. The van der Waals surface area contributed by atoms with Gasteiger partial charge in [-0.15, -0.1) is 0 Å². The third-order valence-electron chi connectivity index (χ3n) is 4.23. The lowest BCUT2D eigenvalue weighted by Crippen LogP contribution is -2.41. The van der Waals surface area contributed by atoms with Crippen LogP contribution in [0, 0.1) is 0 Å². The predicted octanol–water partition coefficient (Wildman–Crippen LogP) is 4.31. The minimum atomic E-state index is -3.84. The number of rotatable bonds is 8. The van der Waals surface area contributed by atoms with E-state index in [9.17, 15) is 13.2 Å². The van der Waals surface area contributed by atoms with Gasteiger partial charge in [-0.2, -0.15) is 0 Å². The van der Waals surface area contributed by atoms with Crippen LogP contribution < -0.4 is 19.1 Å². The van der Waals surface area contributed by atoms with Crippen LogP contribution in [0.1, 0.15) is 18.5 Å². The van der Waals surface area contributed by atoms with Gasteiger partial charge in [0.2, 0.25) is 15.9 Å². The predicted molar refractivity (Wildman–Crippen MR) is 120 cm³/mol. The molecular formula is C19H21Cl3N2O5S. The van der Waals surface area contributed by atoms with Crippen molar-refractivity contribution in [2.45, 2.75) is 13.0 Å². The number of hydrogen-bond donors (Lipinski definition) is 1. The summed E-state index contributed by atoms with van der Waals surface area (Å²) >= 11 is 18.1. The minimum absolute atomic E-state index is 0.0514. The molecule has 0 bridgehead atoms. The highest BCUT2D eigenvalue weighted by atomic mass is 35.5. The first-order chi connectivity index (χ1) is 14.0. The van der Waals surface area contributed by atoms with E-state index in [2.05, 4.69) is 5.32 Å². The number of sulfonamides is 1. The highest BCUT2D eigenvalue weighted by Gasteiger charge is 2.25. The van der Waals surface area contributed by atoms with Crippen molar-refractivity contribution in [1.29, 1.82) is 0 Å². The van der Waals surface area contributed by atoms with E-state index in [1.165, 1.54) is 26.4 Å². The molecule has 7 nitrogen and oxygen atoms in total. The van der Waals surface area contributed by atoms with Crippen molar-refractivity contribution in [1.82, 2.24) is 5.32 Å². The zero-order chi connectivity index (χ0) is 22.6. The van der Waals surface area contributed by atoms with Crippen LogP contribution in [-0.4, -0.2) is 41.3 Å². The van der Waals surface area contributed by atoms with E-state index in [1.54, 1.807) is 25.1 Å². The fraction of sp³-hybridized carbons (Fsp3) is 0.316. The molecule has 1 amide bonds. The van der Waals surface area contributed by atoms with Gasteiger partial charge in [-0.1, -0.05) is 40.9 Å². The number of methoxy groups -OCH3 is 2. The Kier molecular flexibility index (Phi) is 8.10. The van der Waals surface area contributed by atoms with Gasteiger partial charge in [0.1, 0.15) is 6.54 Å². The zero-order valence-corrected chi connectivity index (χ0v) is 19.8. The van der Waals surface area contributed by atoms with Gasteiger partial charge in [-0.3, -0.25) is 9.10 Å². The zero-order valence-electron chi connectivity index (χ0n) is 16.7. The molecule has 0 fully saturated rings. The normalized spacial score (nSPS) is 12.2. The van der Waals surface area contributed by atoms with Crippen molar-refractivity contribution >= 4 is 56.4 Å². The maximum atomic E-state index is 12.6. The Labute approximate surface area is 190 Å². The molecule has 0 spiro atoms. The molecule has 0 aliphatic carbocycles. The van der Waals surface area contributed by atoms with Gasteiger partial charge in [0.25, 0.3) is 0 Å². The van der Waals surface area contributed by atoms with E-state index in [4.69, 9.17) is 44.3 Å². The van der Waals surface area contributed by atoms with Gasteiger partial charge >= 0.3 is 0 Å². The second-order valence-corrected chi connectivity index (χ2v) is 9.52. The van der Waals surface area contributed by atoms with Crippen LogP contribution >= 0.6 is 34.8 Å². The number of hydrogen-bond acceptors (Lipinski definition) is 5. The van der Waals surface area contributed by atoms with Gasteiger partial charge in [0, 0.05) is 0 Å². The van der Waals surface area contributed by atoms with E-state index in [0.29, 0.717) is 11.5 Å². The molecule has 2 aromatic rings. The summed E-state index contributed by atoms with van der Waals surface area (Å²) in [6.45, 7) is 1.27. The molecule has 1 atom stereocenters. The van der Waals surface area contributed by atoms with Gasteiger partial charge in [-0.25, -0.2) is 8.42 Å². The third kappa shape index (κ3) is 5.85. The van der Waals surface area contributed by atoms with Crippen LogP contribution in [-0.2, 0) is 14.8 Å². The summed E-state index contributed by atoms with van der Waals surface area (Å²) in [6.07, 6.45) is 0.969. The topological polar surface area (TPSA) is 84.9 Å². The maximum Gasteiger partial charge on any atom is 0.241 e. The molecule has 1 N–H and O–H groups in total. The Morgan fingerprint density at radius 1 is 1.03 bits per heavy atom. The van der Waals surface area contributed by atoms with Gasteiger partial charge in [0.15, 0.2) is 11.5 Å². The molecule has 0 saturated carbocycles. The number of anilines is 1. The number of ether oxygens (including phenoxy) is 2. The van der Waals surface area contributed by atoms with E-state index in [0.717, 1.165) is 16.1 Å². The lowest BCUT2D eigenvalue weighted by molar-refractivity contribution is -0.120. The first-order valence-electron chi connectivity index (χ1n) is 8.61. The van der Waals surface area contributed by atoms with Crippen LogP contribution in [0.15, 0.2) is 30.3 Å². The molecule has 0 aliphatic heterocycles. The molecule has 0 aromatic heterocycles. The number of nitrogens with one attached hydrogen (secondary N) is 1. The highest BCUT2D eigenvalue weighted by Crippen LogP contribution is 2.35. The molecule has 11 heteroatoms. The molecule has 0 aliphatic rings. The maximum absolute atomic E-state index is 12.6. The molecule has 0 unspecified atom stereocenters. The monoisotopic (exact) mass is 494 g/mol. The summed E-state index contributed by atoms with van der Waals surface area (Å²) in [4.78, 5) is 12.6. The fourth-order valence-electron chi connectivity index (χ4n) is 2.71. The smallest absolute Gasteiger partial charge is 0.241 e. The quantitative estimate of drug-likeness (QED) is 0.552. The SMILES string of the molecule is COc1ccc([C@@H](C)NC(=O)CN(c2cc(Cl)c(Cl)cc2Cl)S(C)(=O)=O)cc1OC. The summed E-state index contributed by atoms with van der Waals surface area (Å²) in [5, 5.41) is 3.10. The van der Waals surface area contributed by atoms with Gasteiger partial charge in [0.05, 0.1) is 47.3 Å². The molecule has 2 rings (SSSR count). The van der Waals surface area contributed by atoms with Crippen molar-refractivity contribution in [2.24, 2.45) is 0 Å². The summed E-state index contributed by atoms with van der Waals surface area (Å²) in [5.41, 5.74) is 0.807. The molecule has 2 aromatic carbocycles. The van der Waals surface area contributed by atoms with Crippen LogP contribution in [0.2, 0.25) is 15.1 Å². The third-order valence-corrected chi connectivity index (χ3v) is 6.38. The number of nitrogens with zero attached hydrogens (tertiary/aromatic N) is 1. The second-order valence-electron chi connectivity index (χ2n) is 6.39. The molecule has 30 heavy (non-hydrogen) atoms.